The van der Waals surface area contributed by atoms with E-state index in [1.807, 2.05) is 30.9 Å². The van der Waals surface area contributed by atoms with Gasteiger partial charge in [-0.15, -0.1) is 11.8 Å². The van der Waals surface area contributed by atoms with Gasteiger partial charge in [-0.3, -0.25) is 9.59 Å². The Morgan fingerprint density at radius 1 is 1.16 bits per heavy atom. The summed E-state index contributed by atoms with van der Waals surface area (Å²) in [7, 11) is 0. The molecule has 2 rings (SSSR count). The molecule has 2 unspecified atom stereocenters. The number of hydrogen-bond donors (Lipinski definition) is 1. The SMILES string of the molecule is CC(C)OC(=O)CC1SC(c2cc(C(C)(C)C)c(O)c(C(C)(C)C)c2)N(CCCBr)C1=O. The molecule has 0 bridgehead atoms. The van der Waals surface area contributed by atoms with Crippen LogP contribution in [0.4, 0.5) is 0 Å². The second-order valence-electron chi connectivity index (χ2n) is 10.8. The second kappa shape index (κ2) is 10.4. The van der Waals surface area contributed by atoms with Crippen molar-refractivity contribution in [3.8, 4) is 5.75 Å². The lowest BCUT2D eigenvalue weighted by atomic mass is 9.78. The highest BCUT2D eigenvalue weighted by molar-refractivity contribution is 9.09. The molecular formula is C25H38BrNO4S. The maximum absolute atomic E-state index is 13.3. The molecule has 0 spiro atoms. The topological polar surface area (TPSA) is 66.8 Å². The van der Waals surface area contributed by atoms with E-state index < -0.39 is 5.25 Å². The van der Waals surface area contributed by atoms with Crippen LogP contribution in [0.15, 0.2) is 12.1 Å². The summed E-state index contributed by atoms with van der Waals surface area (Å²) in [6.07, 6.45) is 0.687. The monoisotopic (exact) mass is 527 g/mol. The summed E-state index contributed by atoms with van der Waals surface area (Å²) in [4.78, 5) is 27.4. The molecule has 1 saturated heterocycles. The van der Waals surface area contributed by atoms with Gasteiger partial charge in [-0.2, -0.15) is 0 Å². The van der Waals surface area contributed by atoms with Crippen molar-refractivity contribution < 1.29 is 19.4 Å². The van der Waals surface area contributed by atoms with E-state index in [-0.39, 0.29) is 40.6 Å². The molecular weight excluding hydrogens is 490 g/mol. The summed E-state index contributed by atoms with van der Waals surface area (Å²) in [6.45, 7) is 16.7. The molecule has 1 N–H and O–H groups in total. The number of hydrogen-bond acceptors (Lipinski definition) is 5. The number of rotatable bonds is 7. The van der Waals surface area contributed by atoms with Gasteiger partial charge in [-0.05, 0) is 59.9 Å². The molecule has 1 aromatic carbocycles. The van der Waals surface area contributed by atoms with Gasteiger partial charge in [-0.25, -0.2) is 0 Å². The molecule has 0 aliphatic carbocycles. The van der Waals surface area contributed by atoms with E-state index in [2.05, 4.69) is 57.5 Å². The minimum Gasteiger partial charge on any atom is -0.507 e. The molecule has 7 heteroatoms. The van der Waals surface area contributed by atoms with Crippen molar-refractivity contribution in [3.05, 3.63) is 28.8 Å². The van der Waals surface area contributed by atoms with Crippen LogP contribution in [0.5, 0.6) is 5.75 Å². The number of halogens is 1. The zero-order chi connectivity index (χ0) is 24.4. The zero-order valence-corrected chi connectivity index (χ0v) is 23.0. The van der Waals surface area contributed by atoms with Crippen LogP contribution in [0, 0.1) is 0 Å². The molecule has 0 saturated carbocycles. The van der Waals surface area contributed by atoms with Crippen LogP contribution in [-0.4, -0.2) is 45.1 Å². The summed E-state index contributed by atoms with van der Waals surface area (Å²) < 4.78 is 5.30. The Bertz CT molecular complexity index is 806. The van der Waals surface area contributed by atoms with Gasteiger partial charge in [0.25, 0.3) is 0 Å². The average Bonchev–Trinajstić information content (AvgIpc) is 2.93. The quantitative estimate of drug-likeness (QED) is 0.345. The molecule has 1 amide bonds. The van der Waals surface area contributed by atoms with Crippen molar-refractivity contribution in [3.63, 3.8) is 0 Å². The number of benzene rings is 1. The number of phenolic OH excluding ortho intramolecular Hbond substituents is 1. The van der Waals surface area contributed by atoms with E-state index in [9.17, 15) is 14.7 Å². The van der Waals surface area contributed by atoms with Crippen LogP contribution in [-0.2, 0) is 25.2 Å². The van der Waals surface area contributed by atoms with Crippen molar-refractivity contribution in [2.24, 2.45) is 0 Å². The van der Waals surface area contributed by atoms with Crippen molar-refractivity contribution in [1.29, 1.82) is 0 Å². The van der Waals surface area contributed by atoms with E-state index in [1.54, 1.807) is 0 Å². The molecule has 180 valence electrons. The predicted molar refractivity (Wildman–Crippen MR) is 136 cm³/mol. The fourth-order valence-corrected chi connectivity index (χ4v) is 5.54. The Morgan fingerprint density at radius 3 is 2.12 bits per heavy atom. The lowest BCUT2D eigenvalue weighted by Crippen LogP contribution is -2.33. The number of thioether (sulfide) groups is 1. The second-order valence-corrected chi connectivity index (χ2v) is 12.8. The number of phenols is 1. The number of aromatic hydroxyl groups is 1. The number of ether oxygens (including phenoxy) is 1. The highest BCUT2D eigenvalue weighted by atomic mass is 79.9. The third-order valence-corrected chi connectivity index (χ3v) is 7.46. The third kappa shape index (κ3) is 6.43. The predicted octanol–water partition coefficient (Wildman–Crippen LogP) is 6.06. The molecule has 2 atom stereocenters. The number of esters is 1. The third-order valence-electron chi connectivity index (χ3n) is 5.42. The molecule has 1 aliphatic heterocycles. The first-order valence-corrected chi connectivity index (χ1v) is 13.3. The number of alkyl halides is 1. The van der Waals surface area contributed by atoms with E-state index in [0.717, 1.165) is 28.4 Å². The van der Waals surface area contributed by atoms with E-state index >= 15 is 0 Å². The molecule has 1 aromatic rings. The molecule has 32 heavy (non-hydrogen) atoms. The van der Waals surface area contributed by atoms with Gasteiger partial charge in [0, 0.05) is 11.9 Å². The fourth-order valence-electron chi connectivity index (χ4n) is 3.84. The summed E-state index contributed by atoms with van der Waals surface area (Å²) >= 11 is 4.98. The number of carbonyl (C=O) groups excluding carboxylic acids is 2. The largest absolute Gasteiger partial charge is 0.507 e. The fraction of sp³-hybridized carbons (Fsp3) is 0.680. The molecule has 0 aromatic heterocycles. The Hall–Kier alpha value is -1.21. The van der Waals surface area contributed by atoms with Gasteiger partial charge < -0.3 is 14.7 Å². The smallest absolute Gasteiger partial charge is 0.307 e. The summed E-state index contributed by atoms with van der Waals surface area (Å²) in [6, 6.07) is 4.07. The van der Waals surface area contributed by atoms with Crippen LogP contribution in [0.3, 0.4) is 0 Å². The zero-order valence-electron chi connectivity index (χ0n) is 20.6. The van der Waals surface area contributed by atoms with Crippen molar-refractivity contribution in [2.75, 3.05) is 11.9 Å². The van der Waals surface area contributed by atoms with Gasteiger partial charge in [-0.1, -0.05) is 57.5 Å². The molecule has 1 aliphatic rings. The minimum absolute atomic E-state index is 0.0238. The van der Waals surface area contributed by atoms with Gasteiger partial charge in [0.05, 0.1) is 17.8 Å². The molecule has 1 heterocycles. The summed E-state index contributed by atoms with van der Waals surface area (Å²) in [5.41, 5.74) is 2.22. The van der Waals surface area contributed by atoms with Crippen molar-refractivity contribution in [2.45, 2.75) is 95.8 Å². The lowest BCUT2D eigenvalue weighted by Gasteiger charge is -2.31. The normalized spacial score (nSPS) is 19.7. The Balaban J connectivity index is 2.52. The maximum atomic E-state index is 13.3. The van der Waals surface area contributed by atoms with Gasteiger partial charge >= 0.3 is 5.97 Å². The van der Waals surface area contributed by atoms with E-state index in [4.69, 9.17) is 4.74 Å². The van der Waals surface area contributed by atoms with Crippen LogP contribution in [0.2, 0.25) is 0 Å². The van der Waals surface area contributed by atoms with Crippen molar-refractivity contribution >= 4 is 39.6 Å². The Kier molecular flexibility index (Phi) is 8.76. The first-order chi connectivity index (χ1) is 14.7. The standard InChI is InChI=1S/C25H38BrNO4S/c1-15(2)31-20(28)14-19-22(30)27(11-9-10-26)23(32-19)16-12-17(24(3,4)5)21(29)18(13-16)25(6,7)8/h12-13,15,19,23,29H,9-11,14H2,1-8H3. The van der Waals surface area contributed by atoms with Crippen LogP contribution in [0.1, 0.15) is 90.3 Å². The molecule has 0 radical (unpaired) electrons. The summed E-state index contributed by atoms with van der Waals surface area (Å²) in [5, 5.41) is 11.2. The van der Waals surface area contributed by atoms with Gasteiger partial charge in [0.1, 0.15) is 11.1 Å². The van der Waals surface area contributed by atoms with E-state index in [0.29, 0.717) is 12.3 Å². The minimum atomic E-state index is -0.466. The number of nitrogens with zero attached hydrogens (tertiary/aromatic N) is 1. The molecule has 1 fully saturated rings. The van der Waals surface area contributed by atoms with Crippen molar-refractivity contribution in [1.82, 2.24) is 4.90 Å². The highest BCUT2D eigenvalue weighted by Gasteiger charge is 2.43. The molecule has 5 nitrogen and oxygen atoms in total. The van der Waals surface area contributed by atoms with Gasteiger partial charge in [0.15, 0.2) is 0 Å². The lowest BCUT2D eigenvalue weighted by molar-refractivity contribution is -0.148. The first kappa shape index (κ1) is 27.0. The number of carbonyl (C=O) groups is 2. The number of amides is 1. The van der Waals surface area contributed by atoms with Gasteiger partial charge in [0.2, 0.25) is 5.91 Å². The van der Waals surface area contributed by atoms with Crippen LogP contribution >= 0.6 is 27.7 Å². The van der Waals surface area contributed by atoms with Crippen LogP contribution < -0.4 is 0 Å². The van der Waals surface area contributed by atoms with Crippen LogP contribution in [0.25, 0.3) is 0 Å². The van der Waals surface area contributed by atoms with E-state index in [1.165, 1.54) is 11.8 Å². The highest BCUT2D eigenvalue weighted by Crippen LogP contribution is 2.48. The Morgan fingerprint density at radius 2 is 1.69 bits per heavy atom. The average molecular weight is 529 g/mol. The Labute approximate surface area is 205 Å². The first-order valence-electron chi connectivity index (χ1n) is 11.3. The summed E-state index contributed by atoms with van der Waals surface area (Å²) in [5.74, 6) is -0.0418. The maximum Gasteiger partial charge on any atom is 0.307 e.